The van der Waals surface area contributed by atoms with Gasteiger partial charge in [-0.2, -0.15) is 0 Å². The molecule has 3 nitrogen and oxygen atoms in total. The first kappa shape index (κ1) is 10.3. The van der Waals surface area contributed by atoms with E-state index in [-0.39, 0.29) is 0 Å². The summed E-state index contributed by atoms with van der Waals surface area (Å²) in [4.78, 5) is 4.33. The van der Waals surface area contributed by atoms with E-state index in [9.17, 15) is 0 Å². The summed E-state index contributed by atoms with van der Waals surface area (Å²) in [5.74, 6) is 2.53. The first-order chi connectivity index (χ1) is 8.90. The molecule has 18 heavy (non-hydrogen) atoms. The lowest BCUT2D eigenvalue weighted by Crippen LogP contribution is -2.14. The zero-order valence-electron chi connectivity index (χ0n) is 10.2. The smallest absolute Gasteiger partial charge is 0.153 e. The van der Waals surface area contributed by atoms with Gasteiger partial charge in [0.2, 0.25) is 0 Å². The van der Waals surface area contributed by atoms with Crippen LogP contribution in [-0.2, 0) is 0 Å². The molecule has 0 radical (unpaired) electrons. The molecular formula is C15H16N2O. The highest BCUT2D eigenvalue weighted by molar-refractivity contribution is 5.78. The number of pyridine rings is 1. The average Bonchev–Trinajstić information content (AvgIpc) is 3.04. The average molecular weight is 240 g/mol. The van der Waals surface area contributed by atoms with E-state index in [2.05, 4.69) is 22.4 Å². The minimum absolute atomic E-state index is 0.690. The zero-order valence-corrected chi connectivity index (χ0v) is 10.2. The van der Waals surface area contributed by atoms with Crippen LogP contribution in [0, 0.1) is 11.8 Å². The molecule has 3 heteroatoms. The lowest BCUT2D eigenvalue weighted by Gasteiger charge is -2.22. The molecule has 1 fully saturated rings. The molecule has 1 aliphatic carbocycles. The monoisotopic (exact) mass is 240 g/mol. The second-order valence-corrected chi connectivity index (χ2v) is 5.31. The zero-order chi connectivity index (χ0) is 11.9. The van der Waals surface area contributed by atoms with Crippen LogP contribution in [0.4, 0.5) is 0 Å². The van der Waals surface area contributed by atoms with Crippen LogP contribution < -0.4 is 5.32 Å². The molecule has 2 aromatic heterocycles. The summed E-state index contributed by atoms with van der Waals surface area (Å²) in [5.41, 5.74) is 3.21. The number of allylic oxidation sites excluding steroid dienone is 1. The Labute approximate surface area is 106 Å². The van der Waals surface area contributed by atoms with Crippen LogP contribution in [-0.4, -0.2) is 18.1 Å². The molecule has 2 aliphatic rings. The molecule has 0 saturated carbocycles. The van der Waals surface area contributed by atoms with E-state index in [0.717, 1.165) is 35.7 Å². The number of nitrogens with zero attached hydrogens (tertiary/aromatic N) is 1. The van der Waals surface area contributed by atoms with Crippen molar-refractivity contribution < 1.29 is 4.42 Å². The highest BCUT2D eigenvalue weighted by atomic mass is 16.3. The van der Waals surface area contributed by atoms with Gasteiger partial charge in [-0.3, -0.25) is 4.98 Å². The Bertz CT molecular complexity index is 581. The van der Waals surface area contributed by atoms with Gasteiger partial charge in [-0.05, 0) is 48.9 Å². The molecule has 1 saturated heterocycles. The van der Waals surface area contributed by atoms with Crippen molar-refractivity contribution in [3.8, 4) is 0 Å². The van der Waals surface area contributed by atoms with Gasteiger partial charge in [0.1, 0.15) is 11.3 Å². The molecule has 0 bridgehead atoms. The fraction of sp³-hybridized carbons (Fsp3) is 0.400. The number of hydrogen-bond acceptors (Lipinski definition) is 3. The van der Waals surface area contributed by atoms with Crippen LogP contribution in [0.1, 0.15) is 18.6 Å². The molecule has 0 spiro atoms. The lowest BCUT2D eigenvalue weighted by atomic mass is 9.82. The summed E-state index contributed by atoms with van der Waals surface area (Å²) in [6, 6.07) is 5.97. The van der Waals surface area contributed by atoms with Crippen LogP contribution in [0.5, 0.6) is 0 Å². The Kier molecular flexibility index (Phi) is 2.27. The molecule has 0 aromatic carbocycles. The third-order valence-electron chi connectivity index (χ3n) is 4.20. The molecule has 2 atom stereocenters. The van der Waals surface area contributed by atoms with Gasteiger partial charge in [0.05, 0.1) is 0 Å². The standard InChI is InChI=1S/C15H16N2O/c1-2-14-13(17-5-1)7-15(18-14)10-3-4-11-8-16-9-12(11)6-10/h1-2,5-7,11-12,16H,3-4,8-9H2/t11-,12+/m1/s1. The number of aromatic nitrogens is 1. The second-order valence-electron chi connectivity index (χ2n) is 5.31. The predicted octanol–water partition coefficient (Wildman–Crippen LogP) is 2.84. The van der Waals surface area contributed by atoms with E-state index in [1.54, 1.807) is 0 Å². The SMILES string of the molecule is C1=C(c2cc3ncccc3o2)CC[C@@H]2CNC[C@H]12. The van der Waals surface area contributed by atoms with Crippen molar-refractivity contribution in [1.29, 1.82) is 0 Å². The Hall–Kier alpha value is -1.61. The van der Waals surface area contributed by atoms with Crippen LogP contribution in [0.3, 0.4) is 0 Å². The Morgan fingerprint density at radius 2 is 2.33 bits per heavy atom. The minimum Gasteiger partial charge on any atom is -0.455 e. The van der Waals surface area contributed by atoms with E-state index in [0.29, 0.717) is 5.92 Å². The van der Waals surface area contributed by atoms with Crippen LogP contribution in [0.2, 0.25) is 0 Å². The predicted molar refractivity (Wildman–Crippen MR) is 71.1 cm³/mol. The van der Waals surface area contributed by atoms with Gasteiger partial charge in [-0.15, -0.1) is 0 Å². The number of fused-ring (bicyclic) bond motifs is 2. The van der Waals surface area contributed by atoms with Gasteiger partial charge in [0, 0.05) is 18.8 Å². The van der Waals surface area contributed by atoms with Gasteiger partial charge in [0.25, 0.3) is 0 Å². The highest BCUT2D eigenvalue weighted by Gasteiger charge is 2.29. The van der Waals surface area contributed by atoms with Crippen molar-refractivity contribution >= 4 is 16.7 Å². The number of furan rings is 1. The molecule has 1 N–H and O–H groups in total. The summed E-state index contributed by atoms with van der Waals surface area (Å²) in [6.07, 6.45) is 6.62. The largest absolute Gasteiger partial charge is 0.455 e. The number of rotatable bonds is 1. The maximum Gasteiger partial charge on any atom is 0.153 e. The van der Waals surface area contributed by atoms with Crippen molar-refractivity contribution in [3.05, 3.63) is 36.2 Å². The Balaban J connectivity index is 1.74. The Morgan fingerprint density at radius 3 is 3.28 bits per heavy atom. The van der Waals surface area contributed by atoms with Crippen LogP contribution in [0.15, 0.2) is 34.9 Å². The van der Waals surface area contributed by atoms with Gasteiger partial charge in [-0.25, -0.2) is 0 Å². The molecule has 3 heterocycles. The highest BCUT2D eigenvalue weighted by Crippen LogP contribution is 2.37. The molecule has 0 amide bonds. The maximum atomic E-state index is 5.90. The molecular weight excluding hydrogens is 224 g/mol. The summed E-state index contributed by atoms with van der Waals surface area (Å²) >= 11 is 0. The van der Waals surface area contributed by atoms with E-state index < -0.39 is 0 Å². The van der Waals surface area contributed by atoms with Crippen molar-refractivity contribution in [2.75, 3.05) is 13.1 Å². The van der Waals surface area contributed by atoms with Crippen LogP contribution >= 0.6 is 0 Å². The molecule has 1 aliphatic heterocycles. The fourth-order valence-corrected chi connectivity index (χ4v) is 3.18. The first-order valence-electron chi connectivity index (χ1n) is 6.66. The van der Waals surface area contributed by atoms with Crippen molar-refractivity contribution in [2.24, 2.45) is 11.8 Å². The summed E-state index contributed by atoms with van der Waals surface area (Å²) in [6.45, 7) is 2.29. The van der Waals surface area contributed by atoms with Crippen molar-refractivity contribution in [2.45, 2.75) is 12.8 Å². The van der Waals surface area contributed by atoms with E-state index in [1.807, 2.05) is 18.3 Å². The summed E-state index contributed by atoms with van der Waals surface area (Å²) in [7, 11) is 0. The molecule has 92 valence electrons. The molecule has 4 rings (SSSR count). The Morgan fingerprint density at radius 1 is 1.33 bits per heavy atom. The summed E-state index contributed by atoms with van der Waals surface area (Å²) in [5, 5.41) is 3.48. The van der Waals surface area contributed by atoms with Crippen molar-refractivity contribution in [3.63, 3.8) is 0 Å². The summed E-state index contributed by atoms with van der Waals surface area (Å²) < 4.78 is 5.90. The third-order valence-corrected chi connectivity index (χ3v) is 4.20. The number of nitrogens with one attached hydrogen (secondary N) is 1. The van der Waals surface area contributed by atoms with Crippen molar-refractivity contribution in [1.82, 2.24) is 10.3 Å². The van der Waals surface area contributed by atoms with Gasteiger partial charge >= 0.3 is 0 Å². The quantitative estimate of drug-likeness (QED) is 0.833. The maximum absolute atomic E-state index is 5.90. The van der Waals surface area contributed by atoms with Gasteiger partial charge < -0.3 is 9.73 Å². The molecule has 0 unspecified atom stereocenters. The normalized spacial score (nSPS) is 27.2. The van der Waals surface area contributed by atoms with E-state index >= 15 is 0 Å². The fourth-order valence-electron chi connectivity index (χ4n) is 3.18. The van der Waals surface area contributed by atoms with Gasteiger partial charge in [0.15, 0.2) is 5.58 Å². The first-order valence-corrected chi connectivity index (χ1v) is 6.66. The topological polar surface area (TPSA) is 38.1 Å². The molecule has 2 aromatic rings. The number of hydrogen-bond donors (Lipinski definition) is 1. The van der Waals surface area contributed by atoms with Crippen LogP contribution in [0.25, 0.3) is 16.7 Å². The van der Waals surface area contributed by atoms with E-state index in [1.165, 1.54) is 18.5 Å². The second kappa shape index (κ2) is 3.95. The van der Waals surface area contributed by atoms with E-state index in [4.69, 9.17) is 4.42 Å². The minimum atomic E-state index is 0.690. The lowest BCUT2D eigenvalue weighted by molar-refractivity contribution is 0.443. The third kappa shape index (κ3) is 1.58. The van der Waals surface area contributed by atoms with Gasteiger partial charge in [-0.1, -0.05) is 6.08 Å².